The highest BCUT2D eigenvalue weighted by atomic mass is 32.2. The number of benzene rings is 1. The van der Waals surface area contributed by atoms with Crippen molar-refractivity contribution in [3.8, 4) is 0 Å². The molecular formula is C9H11FOS. The van der Waals surface area contributed by atoms with Gasteiger partial charge in [0.1, 0.15) is 5.82 Å². The summed E-state index contributed by atoms with van der Waals surface area (Å²) in [6, 6.07) is 6.49. The van der Waals surface area contributed by atoms with E-state index in [-0.39, 0.29) is 12.4 Å². The van der Waals surface area contributed by atoms with Crippen LogP contribution in [0.4, 0.5) is 4.39 Å². The van der Waals surface area contributed by atoms with Crippen molar-refractivity contribution in [2.45, 2.75) is 11.3 Å². The number of hydrogen-bond acceptors (Lipinski definition) is 2. The normalized spacial score (nSPS) is 10.2. The first-order valence-electron chi connectivity index (χ1n) is 3.82. The van der Waals surface area contributed by atoms with E-state index in [9.17, 15) is 4.39 Å². The van der Waals surface area contributed by atoms with Crippen LogP contribution in [0.5, 0.6) is 0 Å². The van der Waals surface area contributed by atoms with E-state index >= 15 is 0 Å². The van der Waals surface area contributed by atoms with Crippen molar-refractivity contribution in [3.63, 3.8) is 0 Å². The number of halogens is 1. The zero-order valence-corrected chi connectivity index (χ0v) is 7.48. The van der Waals surface area contributed by atoms with E-state index in [2.05, 4.69) is 0 Å². The molecule has 0 aliphatic heterocycles. The first-order chi connectivity index (χ1) is 5.83. The summed E-state index contributed by atoms with van der Waals surface area (Å²) < 4.78 is 12.6. The molecule has 0 unspecified atom stereocenters. The monoisotopic (exact) mass is 186 g/mol. The highest BCUT2D eigenvalue weighted by Crippen LogP contribution is 2.18. The summed E-state index contributed by atoms with van der Waals surface area (Å²) >= 11 is 1.56. The van der Waals surface area contributed by atoms with E-state index < -0.39 is 0 Å². The molecule has 1 aromatic carbocycles. The van der Waals surface area contributed by atoms with E-state index in [1.807, 2.05) is 6.07 Å². The summed E-state index contributed by atoms with van der Waals surface area (Å²) in [5.74, 6) is 0.629. The Kier molecular flexibility index (Phi) is 4.11. The second kappa shape index (κ2) is 5.17. The number of aliphatic hydroxyl groups excluding tert-OH is 1. The Morgan fingerprint density at radius 1 is 1.42 bits per heavy atom. The van der Waals surface area contributed by atoms with E-state index in [1.54, 1.807) is 17.8 Å². The third-order valence-electron chi connectivity index (χ3n) is 1.37. The molecule has 0 spiro atoms. The molecule has 0 radical (unpaired) electrons. The van der Waals surface area contributed by atoms with Crippen molar-refractivity contribution >= 4 is 11.8 Å². The molecule has 12 heavy (non-hydrogen) atoms. The first kappa shape index (κ1) is 9.55. The molecular weight excluding hydrogens is 175 g/mol. The lowest BCUT2D eigenvalue weighted by Crippen LogP contribution is -1.85. The van der Waals surface area contributed by atoms with E-state index in [0.29, 0.717) is 0 Å². The van der Waals surface area contributed by atoms with Crippen molar-refractivity contribution < 1.29 is 9.50 Å². The summed E-state index contributed by atoms with van der Waals surface area (Å²) in [5.41, 5.74) is 0. The average molecular weight is 186 g/mol. The Morgan fingerprint density at radius 3 is 2.92 bits per heavy atom. The highest BCUT2D eigenvalue weighted by molar-refractivity contribution is 7.99. The molecule has 0 saturated heterocycles. The number of thioether (sulfide) groups is 1. The van der Waals surface area contributed by atoms with Gasteiger partial charge in [-0.3, -0.25) is 0 Å². The Hall–Kier alpha value is -0.540. The molecule has 66 valence electrons. The summed E-state index contributed by atoms with van der Waals surface area (Å²) in [6.07, 6.45) is 0.751. The summed E-state index contributed by atoms with van der Waals surface area (Å²) in [5, 5.41) is 8.51. The van der Waals surface area contributed by atoms with Crippen LogP contribution < -0.4 is 0 Å². The van der Waals surface area contributed by atoms with Gasteiger partial charge < -0.3 is 5.11 Å². The molecule has 1 N–H and O–H groups in total. The molecule has 3 heteroatoms. The number of aliphatic hydroxyl groups is 1. The molecule has 0 aromatic heterocycles. The second-order valence-electron chi connectivity index (χ2n) is 2.38. The maximum Gasteiger partial charge on any atom is 0.124 e. The molecule has 1 aromatic rings. The zero-order chi connectivity index (χ0) is 8.81. The zero-order valence-electron chi connectivity index (χ0n) is 6.66. The molecule has 0 bridgehead atoms. The fraction of sp³-hybridized carbons (Fsp3) is 0.333. The standard InChI is InChI=1S/C9H11FOS/c10-8-3-1-4-9(7-8)12-6-2-5-11/h1,3-4,7,11H,2,5-6H2. The minimum Gasteiger partial charge on any atom is -0.396 e. The molecule has 0 saturated carbocycles. The summed E-state index contributed by atoms with van der Waals surface area (Å²) in [6.45, 7) is 0.197. The third-order valence-corrected chi connectivity index (χ3v) is 2.45. The van der Waals surface area contributed by atoms with Gasteiger partial charge in [-0.25, -0.2) is 4.39 Å². The van der Waals surface area contributed by atoms with Gasteiger partial charge in [0.2, 0.25) is 0 Å². The van der Waals surface area contributed by atoms with E-state index in [4.69, 9.17) is 5.11 Å². The maximum atomic E-state index is 12.6. The van der Waals surface area contributed by atoms with Crippen LogP contribution in [0.2, 0.25) is 0 Å². The molecule has 0 aliphatic carbocycles. The lowest BCUT2D eigenvalue weighted by Gasteiger charge is -1.99. The Balaban J connectivity index is 2.41. The molecule has 1 rings (SSSR count). The van der Waals surface area contributed by atoms with Crippen LogP contribution in [-0.4, -0.2) is 17.5 Å². The third kappa shape index (κ3) is 3.24. The Morgan fingerprint density at radius 2 is 2.25 bits per heavy atom. The lowest BCUT2D eigenvalue weighted by molar-refractivity contribution is 0.296. The minimum atomic E-state index is -0.205. The van der Waals surface area contributed by atoms with Gasteiger partial charge in [0, 0.05) is 17.3 Å². The Labute approximate surface area is 75.6 Å². The summed E-state index contributed by atoms with van der Waals surface area (Å²) in [7, 11) is 0. The van der Waals surface area contributed by atoms with Gasteiger partial charge in [0.25, 0.3) is 0 Å². The van der Waals surface area contributed by atoms with Crippen LogP contribution in [0.25, 0.3) is 0 Å². The van der Waals surface area contributed by atoms with Crippen LogP contribution in [0.3, 0.4) is 0 Å². The van der Waals surface area contributed by atoms with Crippen molar-refractivity contribution in [1.29, 1.82) is 0 Å². The molecule has 0 fully saturated rings. The lowest BCUT2D eigenvalue weighted by atomic mass is 10.4. The molecule has 0 aliphatic rings. The van der Waals surface area contributed by atoms with Gasteiger partial charge in [0.05, 0.1) is 0 Å². The Bertz CT molecular complexity index is 240. The van der Waals surface area contributed by atoms with E-state index in [1.165, 1.54) is 12.1 Å². The van der Waals surface area contributed by atoms with Gasteiger partial charge >= 0.3 is 0 Å². The molecule has 0 atom stereocenters. The maximum absolute atomic E-state index is 12.6. The smallest absolute Gasteiger partial charge is 0.124 e. The second-order valence-corrected chi connectivity index (χ2v) is 3.55. The van der Waals surface area contributed by atoms with Gasteiger partial charge in [-0.15, -0.1) is 11.8 Å². The largest absolute Gasteiger partial charge is 0.396 e. The first-order valence-corrected chi connectivity index (χ1v) is 4.80. The van der Waals surface area contributed by atoms with Crippen molar-refractivity contribution in [2.24, 2.45) is 0 Å². The van der Waals surface area contributed by atoms with E-state index in [0.717, 1.165) is 17.1 Å². The molecule has 0 heterocycles. The summed E-state index contributed by atoms with van der Waals surface area (Å²) in [4.78, 5) is 0.920. The van der Waals surface area contributed by atoms with Crippen LogP contribution in [0.1, 0.15) is 6.42 Å². The highest BCUT2D eigenvalue weighted by Gasteiger charge is 1.94. The van der Waals surface area contributed by atoms with Crippen molar-refractivity contribution in [1.82, 2.24) is 0 Å². The topological polar surface area (TPSA) is 20.2 Å². The number of rotatable bonds is 4. The van der Waals surface area contributed by atoms with Gasteiger partial charge in [0.15, 0.2) is 0 Å². The minimum absolute atomic E-state index is 0.197. The molecule has 0 amide bonds. The predicted molar refractivity (Wildman–Crippen MR) is 48.8 cm³/mol. The fourth-order valence-electron chi connectivity index (χ4n) is 0.811. The van der Waals surface area contributed by atoms with Crippen LogP contribution in [0, 0.1) is 5.82 Å². The van der Waals surface area contributed by atoms with Crippen molar-refractivity contribution in [2.75, 3.05) is 12.4 Å². The predicted octanol–water partition coefficient (Wildman–Crippen LogP) is 2.30. The SMILES string of the molecule is OCCCSc1cccc(F)c1. The van der Waals surface area contributed by atoms with Gasteiger partial charge in [-0.05, 0) is 24.6 Å². The quantitative estimate of drug-likeness (QED) is 0.575. The van der Waals surface area contributed by atoms with Crippen LogP contribution in [-0.2, 0) is 0 Å². The van der Waals surface area contributed by atoms with Crippen LogP contribution in [0.15, 0.2) is 29.2 Å². The average Bonchev–Trinajstić information content (AvgIpc) is 2.05. The van der Waals surface area contributed by atoms with Crippen molar-refractivity contribution in [3.05, 3.63) is 30.1 Å². The number of hydrogen-bond donors (Lipinski definition) is 1. The van der Waals surface area contributed by atoms with Crippen LogP contribution >= 0.6 is 11.8 Å². The fourth-order valence-corrected chi connectivity index (χ4v) is 1.69. The van der Waals surface area contributed by atoms with Gasteiger partial charge in [-0.1, -0.05) is 6.07 Å². The van der Waals surface area contributed by atoms with Gasteiger partial charge in [-0.2, -0.15) is 0 Å². The molecule has 1 nitrogen and oxygen atoms in total.